The molecule has 0 aromatic heterocycles. The molecule has 2 aromatic carbocycles. The van der Waals surface area contributed by atoms with Crippen molar-refractivity contribution in [2.24, 2.45) is 0 Å². The Morgan fingerprint density at radius 2 is 0.864 bits per heavy atom. The summed E-state index contributed by atoms with van der Waals surface area (Å²) in [5, 5.41) is 20.9. The zero-order valence-corrected chi connectivity index (χ0v) is 13.0. The second-order valence-corrected chi connectivity index (χ2v) is 5.00. The number of rotatable bonds is 2. The number of nitrogens with zero attached hydrogens (tertiary/aromatic N) is 2. The molecule has 22 heavy (non-hydrogen) atoms. The number of nitro groups is 2. The monoisotopic (exact) mass is 302 g/mol. The fraction of sp³-hybridized carbons (Fsp3) is 0.250. The summed E-state index contributed by atoms with van der Waals surface area (Å²) < 4.78 is 0. The SMILES string of the molecule is Cc1cccc(C)c1[N+](=O)[O-].Cc1cccc(C)c1[N+](=O)[O-]. The second-order valence-electron chi connectivity index (χ2n) is 5.00. The van der Waals surface area contributed by atoms with Crippen LogP contribution in [-0.4, -0.2) is 9.85 Å². The predicted octanol–water partition coefficient (Wildman–Crippen LogP) is 4.42. The average Bonchev–Trinajstić information content (AvgIpc) is 2.38. The van der Waals surface area contributed by atoms with Crippen molar-refractivity contribution in [3.8, 4) is 0 Å². The first kappa shape index (κ1) is 17.3. The largest absolute Gasteiger partial charge is 0.275 e. The third-order valence-electron chi connectivity index (χ3n) is 3.24. The first-order valence-electron chi connectivity index (χ1n) is 6.67. The van der Waals surface area contributed by atoms with Crippen LogP contribution in [0.2, 0.25) is 0 Å². The first-order chi connectivity index (χ1) is 10.3. The molecule has 0 aliphatic heterocycles. The van der Waals surface area contributed by atoms with Crippen LogP contribution >= 0.6 is 0 Å². The van der Waals surface area contributed by atoms with Gasteiger partial charge in [-0.3, -0.25) is 20.2 Å². The zero-order chi connectivity index (χ0) is 16.9. The van der Waals surface area contributed by atoms with Crippen LogP contribution in [0.15, 0.2) is 36.4 Å². The van der Waals surface area contributed by atoms with Crippen molar-refractivity contribution < 1.29 is 9.85 Å². The summed E-state index contributed by atoms with van der Waals surface area (Å²) in [4.78, 5) is 20.2. The predicted molar refractivity (Wildman–Crippen MR) is 85.1 cm³/mol. The molecule has 0 aliphatic carbocycles. The van der Waals surface area contributed by atoms with E-state index in [0.717, 1.165) is 22.3 Å². The lowest BCUT2D eigenvalue weighted by molar-refractivity contribution is -0.386. The number of hydrogen-bond acceptors (Lipinski definition) is 4. The molecule has 0 spiro atoms. The van der Waals surface area contributed by atoms with Gasteiger partial charge in [0, 0.05) is 22.3 Å². The van der Waals surface area contributed by atoms with E-state index in [2.05, 4.69) is 0 Å². The van der Waals surface area contributed by atoms with E-state index in [0.29, 0.717) is 0 Å². The summed E-state index contributed by atoms with van der Waals surface area (Å²) in [5.74, 6) is 0. The summed E-state index contributed by atoms with van der Waals surface area (Å²) in [6.45, 7) is 6.96. The molecule has 0 unspecified atom stereocenters. The molecule has 116 valence electrons. The Morgan fingerprint density at radius 3 is 1.00 bits per heavy atom. The number of benzene rings is 2. The average molecular weight is 302 g/mol. The van der Waals surface area contributed by atoms with Gasteiger partial charge in [-0.1, -0.05) is 36.4 Å². The van der Waals surface area contributed by atoms with Crippen LogP contribution in [0.3, 0.4) is 0 Å². The molecule has 0 fully saturated rings. The first-order valence-corrected chi connectivity index (χ1v) is 6.67. The van der Waals surface area contributed by atoms with Gasteiger partial charge in [0.05, 0.1) is 9.85 Å². The lowest BCUT2D eigenvalue weighted by atomic mass is 10.1. The van der Waals surface area contributed by atoms with E-state index in [4.69, 9.17) is 0 Å². The normalized spacial score (nSPS) is 9.64. The molecule has 6 heteroatoms. The highest BCUT2D eigenvalue weighted by atomic mass is 16.6. The van der Waals surface area contributed by atoms with Gasteiger partial charge in [0.25, 0.3) is 11.4 Å². The van der Waals surface area contributed by atoms with E-state index in [9.17, 15) is 20.2 Å². The minimum Gasteiger partial charge on any atom is -0.258 e. The van der Waals surface area contributed by atoms with E-state index in [1.807, 2.05) is 12.1 Å². The molecule has 0 heterocycles. The molecule has 0 radical (unpaired) electrons. The third kappa shape index (κ3) is 4.12. The van der Waals surface area contributed by atoms with Gasteiger partial charge in [0.15, 0.2) is 0 Å². The smallest absolute Gasteiger partial charge is 0.258 e. The third-order valence-corrected chi connectivity index (χ3v) is 3.24. The van der Waals surface area contributed by atoms with Crippen LogP contribution in [0.1, 0.15) is 22.3 Å². The van der Waals surface area contributed by atoms with Crippen molar-refractivity contribution in [1.29, 1.82) is 0 Å². The molecule has 6 nitrogen and oxygen atoms in total. The summed E-state index contributed by atoms with van der Waals surface area (Å²) in [6, 6.07) is 10.6. The van der Waals surface area contributed by atoms with Crippen LogP contribution in [0.5, 0.6) is 0 Å². The van der Waals surface area contributed by atoms with E-state index in [1.165, 1.54) is 0 Å². The molecule has 0 saturated heterocycles. The van der Waals surface area contributed by atoms with E-state index >= 15 is 0 Å². The molecule has 2 rings (SSSR count). The summed E-state index contributed by atoms with van der Waals surface area (Å²) in [6.07, 6.45) is 0. The standard InChI is InChI=1S/2C8H9NO2/c2*1-6-4-3-5-7(2)8(6)9(10)11/h2*3-5H,1-2H3. The highest BCUT2D eigenvalue weighted by molar-refractivity contribution is 5.46. The number of nitro benzene ring substituents is 2. The Kier molecular flexibility index (Phi) is 5.74. The Bertz CT molecular complexity index is 609. The molecular formula is C16H18N2O4. The fourth-order valence-electron chi connectivity index (χ4n) is 2.19. The van der Waals surface area contributed by atoms with Gasteiger partial charge in [0.2, 0.25) is 0 Å². The molecule has 2 aromatic rings. The van der Waals surface area contributed by atoms with Crippen LogP contribution in [0, 0.1) is 47.9 Å². The second kappa shape index (κ2) is 7.31. The van der Waals surface area contributed by atoms with Crippen LogP contribution in [0.25, 0.3) is 0 Å². The van der Waals surface area contributed by atoms with Crippen LogP contribution in [-0.2, 0) is 0 Å². The zero-order valence-electron chi connectivity index (χ0n) is 13.0. The maximum Gasteiger partial charge on any atom is 0.275 e. The van der Waals surface area contributed by atoms with Crippen LogP contribution in [0.4, 0.5) is 11.4 Å². The number of aryl methyl sites for hydroxylation is 4. The van der Waals surface area contributed by atoms with Gasteiger partial charge in [-0.05, 0) is 27.7 Å². The molecular weight excluding hydrogens is 284 g/mol. The van der Waals surface area contributed by atoms with Crippen molar-refractivity contribution in [1.82, 2.24) is 0 Å². The van der Waals surface area contributed by atoms with Crippen molar-refractivity contribution in [3.05, 3.63) is 78.9 Å². The van der Waals surface area contributed by atoms with Gasteiger partial charge in [0.1, 0.15) is 0 Å². The number of hydrogen-bond donors (Lipinski definition) is 0. The van der Waals surface area contributed by atoms with E-state index in [-0.39, 0.29) is 21.2 Å². The van der Waals surface area contributed by atoms with Gasteiger partial charge < -0.3 is 0 Å². The topological polar surface area (TPSA) is 86.3 Å². The Hall–Kier alpha value is -2.76. The lowest BCUT2D eigenvalue weighted by Gasteiger charge is -1.98. The minimum atomic E-state index is -0.343. The molecule has 0 N–H and O–H groups in total. The summed E-state index contributed by atoms with van der Waals surface area (Å²) in [7, 11) is 0. The quantitative estimate of drug-likeness (QED) is 0.606. The van der Waals surface area contributed by atoms with E-state index < -0.39 is 0 Å². The van der Waals surface area contributed by atoms with Crippen molar-refractivity contribution in [2.75, 3.05) is 0 Å². The fourth-order valence-corrected chi connectivity index (χ4v) is 2.19. The molecule has 0 aliphatic rings. The highest BCUT2D eigenvalue weighted by Gasteiger charge is 2.12. The van der Waals surface area contributed by atoms with Crippen molar-refractivity contribution in [3.63, 3.8) is 0 Å². The van der Waals surface area contributed by atoms with Crippen LogP contribution < -0.4 is 0 Å². The highest BCUT2D eigenvalue weighted by Crippen LogP contribution is 2.22. The van der Waals surface area contributed by atoms with Crippen molar-refractivity contribution in [2.45, 2.75) is 27.7 Å². The Balaban J connectivity index is 0.000000220. The van der Waals surface area contributed by atoms with E-state index in [1.54, 1.807) is 52.0 Å². The maximum atomic E-state index is 10.4. The van der Waals surface area contributed by atoms with Gasteiger partial charge in [-0.15, -0.1) is 0 Å². The van der Waals surface area contributed by atoms with Gasteiger partial charge in [-0.25, -0.2) is 0 Å². The van der Waals surface area contributed by atoms with Gasteiger partial charge in [-0.2, -0.15) is 0 Å². The molecule has 0 atom stereocenters. The molecule has 0 bridgehead atoms. The van der Waals surface area contributed by atoms with Gasteiger partial charge >= 0.3 is 0 Å². The Labute approximate surface area is 128 Å². The minimum absolute atomic E-state index is 0.229. The Morgan fingerprint density at radius 1 is 0.636 bits per heavy atom. The molecule has 0 amide bonds. The maximum absolute atomic E-state index is 10.4. The number of para-hydroxylation sites is 2. The summed E-state index contributed by atoms with van der Waals surface area (Å²) >= 11 is 0. The lowest BCUT2D eigenvalue weighted by Crippen LogP contribution is -1.93. The van der Waals surface area contributed by atoms with Crippen molar-refractivity contribution >= 4 is 11.4 Å². The molecule has 0 saturated carbocycles. The summed E-state index contributed by atoms with van der Waals surface area (Å²) in [5.41, 5.74) is 3.33.